The van der Waals surface area contributed by atoms with Crippen LogP contribution in [0.15, 0.2) is 53.6 Å². The maximum absolute atomic E-state index is 11.9. The average Bonchev–Trinajstić information content (AvgIpc) is 3.00. The lowest BCUT2D eigenvalue weighted by molar-refractivity contribution is -0.127. The third-order valence-electron chi connectivity index (χ3n) is 4.13. The molecule has 0 radical (unpaired) electrons. The second kappa shape index (κ2) is 8.85. The van der Waals surface area contributed by atoms with Gasteiger partial charge in [-0.2, -0.15) is 5.10 Å². The minimum atomic E-state index is -0.419. The molecule has 0 fully saturated rings. The molecule has 0 bridgehead atoms. The first-order valence-corrected chi connectivity index (χ1v) is 8.88. The molecule has 1 heterocycles. The largest absolute Gasteiger partial charge is 0.484 e. The predicted molar refractivity (Wildman–Crippen MR) is 108 cm³/mol. The van der Waals surface area contributed by atoms with Gasteiger partial charge in [0.1, 0.15) is 5.75 Å². The van der Waals surface area contributed by atoms with E-state index in [9.17, 15) is 9.59 Å². The Morgan fingerprint density at radius 3 is 2.75 bits per heavy atom. The van der Waals surface area contributed by atoms with Gasteiger partial charge in [0.2, 0.25) is 0 Å². The van der Waals surface area contributed by atoms with Gasteiger partial charge < -0.3 is 15.0 Å². The lowest BCUT2D eigenvalue weighted by Gasteiger charge is -2.07. The van der Waals surface area contributed by atoms with Crippen molar-refractivity contribution in [1.82, 2.24) is 15.7 Å². The summed E-state index contributed by atoms with van der Waals surface area (Å²) >= 11 is 0. The monoisotopic (exact) mass is 378 g/mol. The summed E-state index contributed by atoms with van der Waals surface area (Å²) in [6.07, 6.45) is 1.59. The number of carbonyl (C=O) groups is 2. The number of aromatic amines is 1. The standard InChI is InChI=1S/C21H22N4O3/c1-14-6-5-7-16(10-14)28-13-21(27)22-12-20(26)25-23-11-18-15(2)24-19-9-4-3-8-17(18)19/h3-11,24H,12-13H2,1-2H3,(H,22,27)(H,25,26)/b23-11+. The molecule has 0 aliphatic heterocycles. The Balaban J connectivity index is 1.44. The minimum absolute atomic E-state index is 0.158. The summed E-state index contributed by atoms with van der Waals surface area (Å²) in [5, 5.41) is 7.50. The highest BCUT2D eigenvalue weighted by atomic mass is 16.5. The number of ether oxygens (including phenoxy) is 1. The minimum Gasteiger partial charge on any atom is -0.484 e. The Morgan fingerprint density at radius 1 is 1.11 bits per heavy atom. The molecule has 2 aromatic carbocycles. The molecule has 0 atom stereocenters. The van der Waals surface area contributed by atoms with E-state index in [2.05, 4.69) is 20.8 Å². The van der Waals surface area contributed by atoms with E-state index >= 15 is 0 Å². The first-order chi connectivity index (χ1) is 13.5. The number of aryl methyl sites for hydroxylation is 2. The lowest BCUT2D eigenvalue weighted by Crippen LogP contribution is -2.37. The van der Waals surface area contributed by atoms with E-state index in [-0.39, 0.29) is 19.1 Å². The van der Waals surface area contributed by atoms with Crippen LogP contribution in [0.1, 0.15) is 16.8 Å². The summed E-state index contributed by atoms with van der Waals surface area (Å²) in [6, 6.07) is 15.3. The smallest absolute Gasteiger partial charge is 0.259 e. The van der Waals surface area contributed by atoms with E-state index in [0.717, 1.165) is 27.7 Å². The van der Waals surface area contributed by atoms with Crippen molar-refractivity contribution in [3.05, 3.63) is 65.4 Å². The Kier molecular flexibility index (Phi) is 6.06. The summed E-state index contributed by atoms with van der Waals surface area (Å²) in [6.45, 7) is 3.54. The van der Waals surface area contributed by atoms with Crippen LogP contribution in [0.4, 0.5) is 0 Å². The number of rotatable bonds is 7. The van der Waals surface area contributed by atoms with Crippen LogP contribution in [0.2, 0.25) is 0 Å². The van der Waals surface area contributed by atoms with Crippen molar-refractivity contribution < 1.29 is 14.3 Å². The van der Waals surface area contributed by atoms with Gasteiger partial charge in [-0.3, -0.25) is 9.59 Å². The third-order valence-corrected chi connectivity index (χ3v) is 4.13. The molecule has 0 unspecified atom stereocenters. The van der Waals surface area contributed by atoms with Crippen molar-refractivity contribution >= 4 is 28.9 Å². The maximum atomic E-state index is 11.9. The number of nitrogens with one attached hydrogen (secondary N) is 3. The summed E-state index contributed by atoms with van der Waals surface area (Å²) in [4.78, 5) is 26.9. The zero-order valence-electron chi connectivity index (χ0n) is 15.8. The Bertz CT molecular complexity index is 1020. The number of para-hydroxylation sites is 1. The van der Waals surface area contributed by atoms with E-state index in [1.54, 1.807) is 12.3 Å². The van der Waals surface area contributed by atoms with Crippen LogP contribution in [0.3, 0.4) is 0 Å². The fourth-order valence-corrected chi connectivity index (χ4v) is 2.76. The highest BCUT2D eigenvalue weighted by Gasteiger charge is 2.07. The molecular formula is C21H22N4O3. The van der Waals surface area contributed by atoms with Gasteiger partial charge in [-0.25, -0.2) is 5.43 Å². The highest BCUT2D eigenvalue weighted by Crippen LogP contribution is 2.19. The normalized spacial score (nSPS) is 10.9. The van der Waals surface area contributed by atoms with Gasteiger partial charge in [0.05, 0.1) is 12.8 Å². The molecule has 0 aliphatic rings. The van der Waals surface area contributed by atoms with Crippen molar-refractivity contribution in [2.45, 2.75) is 13.8 Å². The van der Waals surface area contributed by atoms with Crippen LogP contribution in [0.5, 0.6) is 5.75 Å². The number of nitrogens with zero attached hydrogens (tertiary/aromatic N) is 1. The average molecular weight is 378 g/mol. The van der Waals surface area contributed by atoms with E-state index in [1.165, 1.54) is 0 Å². The van der Waals surface area contributed by atoms with Crippen molar-refractivity contribution in [1.29, 1.82) is 0 Å². The maximum Gasteiger partial charge on any atom is 0.259 e. The van der Waals surface area contributed by atoms with Gasteiger partial charge in [0, 0.05) is 22.2 Å². The number of aromatic nitrogens is 1. The lowest BCUT2D eigenvalue weighted by atomic mass is 10.1. The zero-order chi connectivity index (χ0) is 19.9. The van der Waals surface area contributed by atoms with Crippen molar-refractivity contribution in [3.8, 4) is 5.75 Å². The van der Waals surface area contributed by atoms with Crippen LogP contribution in [0, 0.1) is 13.8 Å². The third kappa shape index (κ3) is 4.97. The zero-order valence-corrected chi connectivity index (χ0v) is 15.8. The molecule has 3 aromatic rings. The molecule has 0 spiro atoms. The van der Waals surface area contributed by atoms with Crippen molar-refractivity contribution in [3.63, 3.8) is 0 Å². The number of hydrogen-bond donors (Lipinski definition) is 3. The molecule has 144 valence electrons. The van der Waals surface area contributed by atoms with Gasteiger partial charge in [-0.05, 0) is 37.6 Å². The molecule has 3 N–H and O–H groups in total. The molecule has 1 aromatic heterocycles. The molecule has 3 rings (SSSR count). The fourth-order valence-electron chi connectivity index (χ4n) is 2.76. The van der Waals surface area contributed by atoms with E-state index in [0.29, 0.717) is 5.75 Å². The highest BCUT2D eigenvalue weighted by molar-refractivity contribution is 6.00. The second-order valence-corrected chi connectivity index (χ2v) is 6.38. The quantitative estimate of drug-likeness (QED) is 0.435. The first-order valence-electron chi connectivity index (χ1n) is 8.88. The Hall–Kier alpha value is -3.61. The number of hydrogen-bond acceptors (Lipinski definition) is 4. The number of benzene rings is 2. The predicted octanol–water partition coefficient (Wildman–Crippen LogP) is 2.43. The Morgan fingerprint density at radius 2 is 1.93 bits per heavy atom. The van der Waals surface area contributed by atoms with E-state index < -0.39 is 5.91 Å². The molecular weight excluding hydrogens is 356 g/mol. The summed E-state index contributed by atoms with van der Waals surface area (Å²) in [5.41, 5.74) is 6.33. The van der Waals surface area contributed by atoms with Gasteiger partial charge >= 0.3 is 0 Å². The van der Waals surface area contributed by atoms with Gasteiger partial charge in [0.25, 0.3) is 11.8 Å². The molecule has 7 nitrogen and oxygen atoms in total. The molecule has 7 heteroatoms. The number of amides is 2. The van der Waals surface area contributed by atoms with Crippen LogP contribution < -0.4 is 15.5 Å². The van der Waals surface area contributed by atoms with Crippen LogP contribution in [0.25, 0.3) is 10.9 Å². The summed E-state index contributed by atoms with van der Waals surface area (Å²) in [5.74, 6) is -0.191. The fraction of sp³-hybridized carbons (Fsp3) is 0.190. The molecule has 0 aliphatic carbocycles. The van der Waals surface area contributed by atoms with Crippen LogP contribution in [-0.2, 0) is 9.59 Å². The number of fused-ring (bicyclic) bond motifs is 1. The molecule has 0 saturated heterocycles. The first kappa shape index (κ1) is 19.2. The summed E-state index contributed by atoms with van der Waals surface area (Å²) in [7, 11) is 0. The van der Waals surface area contributed by atoms with E-state index in [1.807, 2.05) is 56.3 Å². The number of H-pyrrole nitrogens is 1. The second-order valence-electron chi connectivity index (χ2n) is 6.38. The topological polar surface area (TPSA) is 95.6 Å². The van der Waals surface area contributed by atoms with Crippen LogP contribution in [-0.4, -0.2) is 36.2 Å². The molecule has 0 saturated carbocycles. The molecule has 2 amide bonds. The van der Waals surface area contributed by atoms with Crippen LogP contribution >= 0.6 is 0 Å². The number of hydrazone groups is 1. The van der Waals surface area contributed by atoms with Gasteiger partial charge in [-0.1, -0.05) is 30.3 Å². The van der Waals surface area contributed by atoms with Crippen molar-refractivity contribution in [2.24, 2.45) is 5.10 Å². The Labute approximate surface area is 162 Å². The van der Waals surface area contributed by atoms with Crippen molar-refractivity contribution in [2.75, 3.05) is 13.2 Å². The van der Waals surface area contributed by atoms with Gasteiger partial charge in [0.15, 0.2) is 6.61 Å². The van der Waals surface area contributed by atoms with E-state index in [4.69, 9.17) is 4.74 Å². The number of carbonyl (C=O) groups excluding carboxylic acids is 2. The summed E-state index contributed by atoms with van der Waals surface area (Å²) < 4.78 is 5.39. The van der Waals surface area contributed by atoms with Gasteiger partial charge in [-0.15, -0.1) is 0 Å². The SMILES string of the molecule is Cc1cccc(OCC(=O)NCC(=O)N/N=C/c2c(C)[nH]c3ccccc23)c1. The molecule has 28 heavy (non-hydrogen) atoms.